The monoisotopic (exact) mass is 138 g/mol. The van der Waals surface area contributed by atoms with E-state index in [0.29, 0.717) is 0 Å². The number of nitrogens with zero attached hydrogens (tertiary/aromatic N) is 2. The smallest absolute Gasteiger partial charge is 0.116 e. The summed E-state index contributed by atoms with van der Waals surface area (Å²) in [5.41, 5.74) is 0.961. The number of carbonyl (C=O) groups is 1. The van der Waals surface area contributed by atoms with Gasteiger partial charge in [0.15, 0.2) is 0 Å². The highest BCUT2D eigenvalue weighted by atomic mass is 16.1. The Morgan fingerprint density at radius 2 is 2.10 bits per heavy atom. The lowest BCUT2D eigenvalue weighted by Gasteiger charge is -1.81. The molecule has 54 valence electrons. The highest BCUT2D eigenvalue weighted by Gasteiger charge is 1.74. The average molecular weight is 138 g/mol. The molecule has 0 bridgehead atoms. The fraction of sp³-hybridized carbons (Fsp3) is 0.286. The van der Waals surface area contributed by atoms with Crippen LogP contribution in [0.2, 0.25) is 0 Å². The first-order chi connectivity index (χ1) is 4.81. The zero-order valence-corrected chi connectivity index (χ0v) is 6.11. The van der Waals surface area contributed by atoms with Crippen molar-refractivity contribution in [3.05, 3.63) is 24.3 Å². The van der Waals surface area contributed by atoms with Crippen LogP contribution in [0.25, 0.3) is 0 Å². The number of hydrogen-bond donors (Lipinski definition) is 0. The number of aldehydes is 1. The van der Waals surface area contributed by atoms with Gasteiger partial charge in [0.2, 0.25) is 0 Å². The molecule has 0 amide bonds. The molecule has 0 fully saturated rings. The van der Waals surface area contributed by atoms with E-state index in [-0.39, 0.29) is 0 Å². The van der Waals surface area contributed by atoms with Gasteiger partial charge in [-0.25, -0.2) is 0 Å². The van der Waals surface area contributed by atoms with Crippen molar-refractivity contribution in [1.29, 1.82) is 0 Å². The molecule has 0 radical (unpaired) electrons. The lowest BCUT2D eigenvalue weighted by molar-refractivity contribution is -0.106. The zero-order chi connectivity index (χ0) is 7.82. The largest absolute Gasteiger partial charge is 0.304 e. The second kappa shape index (κ2) is 5.88. The molecular weight excluding hydrogens is 128 g/mol. The van der Waals surface area contributed by atoms with E-state index < -0.39 is 0 Å². The Morgan fingerprint density at radius 1 is 1.50 bits per heavy atom. The SMILES string of the molecule is CC=O.Cc1cnccn1. The number of rotatable bonds is 0. The maximum Gasteiger partial charge on any atom is 0.116 e. The van der Waals surface area contributed by atoms with Gasteiger partial charge >= 0.3 is 0 Å². The van der Waals surface area contributed by atoms with Gasteiger partial charge in [0, 0.05) is 18.6 Å². The van der Waals surface area contributed by atoms with Crippen LogP contribution < -0.4 is 0 Å². The molecule has 0 N–H and O–H groups in total. The fourth-order valence-electron chi connectivity index (χ4n) is 0.374. The summed E-state index contributed by atoms with van der Waals surface area (Å²) >= 11 is 0. The maximum atomic E-state index is 8.81. The zero-order valence-electron chi connectivity index (χ0n) is 6.11. The molecule has 1 aromatic rings. The van der Waals surface area contributed by atoms with Crippen LogP contribution in [0.5, 0.6) is 0 Å². The third kappa shape index (κ3) is 4.90. The predicted molar refractivity (Wildman–Crippen MR) is 38.5 cm³/mol. The first kappa shape index (κ1) is 8.75. The minimum atomic E-state index is 0.750. The number of carbonyl (C=O) groups excluding carboxylic acids is 1. The van der Waals surface area contributed by atoms with Crippen molar-refractivity contribution >= 4 is 6.29 Å². The second-order valence-electron chi connectivity index (χ2n) is 1.58. The van der Waals surface area contributed by atoms with Crippen LogP contribution in [-0.2, 0) is 4.79 Å². The van der Waals surface area contributed by atoms with Gasteiger partial charge in [0.1, 0.15) is 6.29 Å². The van der Waals surface area contributed by atoms with E-state index in [4.69, 9.17) is 4.79 Å². The molecule has 0 aliphatic heterocycles. The third-order valence-electron chi connectivity index (χ3n) is 0.692. The number of hydrogen-bond acceptors (Lipinski definition) is 3. The van der Waals surface area contributed by atoms with Crippen molar-refractivity contribution in [3.8, 4) is 0 Å². The molecule has 3 heteroatoms. The standard InChI is InChI=1S/C5H6N2.C2H4O/c1-5-4-6-2-3-7-5;1-2-3/h2-4H,1H3;2H,1H3. The Bertz CT molecular complexity index is 174. The molecule has 3 nitrogen and oxygen atoms in total. The molecule has 0 atom stereocenters. The molecule has 1 heterocycles. The molecule has 0 unspecified atom stereocenters. The normalized spacial score (nSPS) is 7.40. The molecular formula is C7H10N2O. The van der Waals surface area contributed by atoms with Gasteiger partial charge in [-0.3, -0.25) is 9.97 Å². The van der Waals surface area contributed by atoms with Gasteiger partial charge in [0.05, 0.1) is 5.69 Å². The highest BCUT2D eigenvalue weighted by Crippen LogP contribution is 1.81. The highest BCUT2D eigenvalue weighted by molar-refractivity contribution is 5.44. The predicted octanol–water partition coefficient (Wildman–Crippen LogP) is 0.990. The van der Waals surface area contributed by atoms with Crippen LogP contribution >= 0.6 is 0 Å². The van der Waals surface area contributed by atoms with Crippen molar-refractivity contribution < 1.29 is 4.79 Å². The molecule has 0 aliphatic rings. The van der Waals surface area contributed by atoms with E-state index in [1.807, 2.05) is 6.92 Å². The van der Waals surface area contributed by atoms with Crippen molar-refractivity contribution in [3.63, 3.8) is 0 Å². The summed E-state index contributed by atoms with van der Waals surface area (Å²) in [4.78, 5) is 16.5. The lowest BCUT2D eigenvalue weighted by atomic mass is 10.5. The number of aryl methyl sites for hydroxylation is 1. The van der Waals surface area contributed by atoms with Crippen LogP contribution in [-0.4, -0.2) is 16.3 Å². The molecule has 1 aromatic heterocycles. The van der Waals surface area contributed by atoms with Gasteiger partial charge in [-0.2, -0.15) is 0 Å². The Balaban J connectivity index is 0.000000236. The minimum Gasteiger partial charge on any atom is -0.304 e. The van der Waals surface area contributed by atoms with Gasteiger partial charge in [-0.15, -0.1) is 0 Å². The van der Waals surface area contributed by atoms with Crippen molar-refractivity contribution in [2.24, 2.45) is 0 Å². The summed E-state index contributed by atoms with van der Waals surface area (Å²) in [5, 5.41) is 0. The third-order valence-corrected chi connectivity index (χ3v) is 0.692. The molecule has 0 aliphatic carbocycles. The van der Waals surface area contributed by atoms with Crippen LogP contribution in [0.1, 0.15) is 12.6 Å². The second-order valence-corrected chi connectivity index (χ2v) is 1.58. The van der Waals surface area contributed by atoms with Crippen molar-refractivity contribution in [2.75, 3.05) is 0 Å². The summed E-state index contributed by atoms with van der Waals surface area (Å²) in [7, 11) is 0. The van der Waals surface area contributed by atoms with E-state index >= 15 is 0 Å². The Kier molecular flexibility index (Phi) is 5.14. The van der Waals surface area contributed by atoms with Crippen molar-refractivity contribution in [1.82, 2.24) is 9.97 Å². The van der Waals surface area contributed by atoms with Crippen molar-refractivity contribution in [2.45, 2.75) is 13.8 Å². The molecule has 0 saturated carbocycles. The summed E-state index contributed by atoms with van der Waals surface area (Å²) < 4.78 is 0. The van der Waals surface area contributed by atoms with Gasteiger partial charge in [-0.1, -0.05) is 0 Å². The van der Waals surface area contributed by atoms with Gasteiger partial charge in [0.25, 0.3) is 0 Å². The van der Waals surface area contributed by atoms with E-state index in [9.17, 15) is 0 Å². The quantitative estimate of drug-likeness (QED) is 0.502. The summed E-state index contributed by atoms with van der Waals surface area (Å²) in [5.74, 6) is 0. The summed E-state index contributed by atoms with van der Waals surface area (Å²) in [6.45, 7) is 3.35. The lowest BCUT2D eigenvalue weighted by Crippen LogP contribution is -1.77. The fourth-order valence-corrected chi connectivity index (χ4v) is 0.374. The Morgan fingerprint density at radius 3 is 2.30 bits per heavy atom. The van der Waals surface area contributed by atoms with E-state index in [2.05, 4.69) is 9.97 Å². The maximum absolute atomic E-state index is 8.81. The topological polar surface area (TPSA) is 42.9 Å². The van der Waals surface area contributed by atoms with E-state index in [0.717, 1.165) is 12.0 Å². The van der Waals surface area contributed by atoms with Crippen LogP contribution in [0.3, 0.4) is 0 Å². The van der Waals surface area contributed by atoms with Gasteiger partial charge in [-0.05, 0) is 13.8 Å². The Labute approximate surface area is 60.1 Å². The summed E-state index contributed by atoms with van der Waals surface area (Å²) in [6.07, 6.45) is 5.81. The van der Waals surface area contributed by atoms with E-state index in [1.54, 1.807) is 18.6 Å². The van der Waals surface area contributed by atoms with Gasteiger partial charge < -0.3 is 4.79 Å². The summed E-state index contributed by atoms with van der Waals surface area (Å²) in [6, 6.07) is 0. The van der Waals surface area contributed by atoms with Crippen LogP contribution in [0.4, 0.5) is 0 Å². The minimum absolute atomic E-state index is 0.750. The molecule has 0 spiro atoms. The molecule has 1 rings (SSSR count). The Hall–Kier alpha value is -1.25. The van der Waals surface area contributed by atoms with E-state index in [1.165, 1.54) is 6.92 Å². The number of aromatic nitrogens is 2. The van der Waals surface area contributed by atoms with Crippen LogP contribution in [0.15, 0.2) is 18.6 Å². The molecule has 10 heavy (non-hydrogen) atoms. The average Bonchev–Trinajstić information content (AvgIpc) is 1.91. The van der Waals surface area contributed by atoms with Crippen LogP contribution in [0, 0.1) is 6.92 Å². The first-order valence-corrected chi connectivity index (χ1v) is 2.93. The molecule has 0 aromatic carbocycles. The molecule has 0 saturated heterocycles. The first-order valence-electron chi connectivity index (χ1n) is 2.93.